The van der Waals surface area contributed by atoms with Crippen molar-refractivity contribution < 1.29 is 9.90 Å². The molecule has 0 saturated carbocycles. The van der Waals surface area contributed by atoms with Gasteiger partial charge >= 0.3 is 5.97 Å². The summed E-state index contributed by atoms with van der Waals surface area (Å²) in [5, 5.41) is 15.7. The molecule has 0 amide bonds. The van der Waals surface area contributed by atoms with Gasteiger partial charge in [-0.25, -0.2) is 4.98 Å². The number of aromatic nitrogens is 3. The lowest BCUT2D eigenvalue weighted by atomic mass is 10.2. The van der Waals surface area contributed by atoms with E-state index >= 15 is 0 Å². The highest BCUT2D eigenvalue weighted by molar-refractivity contribution is 7.99. The highest BCUT2D eigenvalue weighted by atomic mass is 32.2. The van der Waals surface area contributed by atoms with E-state index < -0.39 is 5.97 Å². The molecule has 1 rings (SSSR count). The molecule has 0 radical (unpaired) electrons. The van der Waals surface area contributed by atoms with Crippen molar-refractivity contribution in [2.75, 3.05) is 5.75 Å². The first-order chi connectivity index (χ1) is 6.79. The highest BCUT2D eigenvalue weighted by Crippen LogP contribution is 2.13. The fraction of sp³-hybridized carbons (Fsp3) is 0.625. The molecular formula is C8H13N3O2S. The number of aromatic amines is 1. The Hall–Kier alpha value is -1.04. The summed E-state index contributed by atoms with van der Waals surface area (Å²) in [5.41, 5.74) is 0. The maximum atomic E-state index is 10.2. The summed E-state index contributed by atoms with van der Waals surface area (Å²) < 4.78 is 0. The topological polar surface area (TPSA) is 78.9 Å². The van der Waals surface area contributed by atoms with Crippen molar-refractivity contribution in [3.8, 4) is 0 Å². The Labute approximate surface area is 86.3 Å². The van der Waals surface area contributed by atoms with E-state index in [1.54, 1.807) is 11.8 Å². The van der Waals surface area contributed by atoms with Gasteiger partial charge in [0.25, 0.3) is 0 Å². The van der Waals surface area contributed by atoms with Crippen LogP contribution in [-0.2, 0) is 4.79 Å². The monoisotopic (exact) mass is 215 g/mol. The van der Waals surface area contributed by atoms with Gasteiger partial charge in [0.05, 0.1) is 0 Å². The third-order valence-corrected chi connectivity index (χ3v) is 2.63. The van der Waals surface area contributed by atoms with Gasteiger partial charge in [0.1, 0.15) is 6.33 Å². The van der Waals surface area contributed by atoms with Crippen LogP contribution in [0.4, 0.5) is 0 Å². The maximum absolute atomic E-state index is 10.2. The molecule has 1 heterocycles. The predicted octanol–water partition coefficient (Wildman–Crippen LogP) is 1.54. The lowest BCUT2D eigenvalue weighted by Gasteiger charge is -1.97. The summed E-state index contributed by atoms with van der Waals surface area (Å²) >= 11 is 1.61. The summed E-state index contributed by atoms with van der Waals surface area (Å²) in [6.07, 6.45) is 4.47. The molecule has 0 aliphatic rings. The molecule has 0 aromatic carbocycles. The van der Waals surface area contributed by atoms with Crippen molar-refractivity contribution in [2.45, 2.75) is 30.8 Å². The van der Waals surface area contributed by atoms with Gasteiger partial charge in [0, 0.05) is 12.2 Å². The normalized spacial score (nSPS) is 10.3. The SMILES string of the molecule is O=C(O)CCCCCSc1ncn[nH]1. The smallest absolute Gasteiger partial charge is 0.303 e. The quantitative estimate of drug-likeness (QED) is 0.533. The van der Waals surface area contributed by atoms with E-state index in [1.165, 1.54) is 6.33 Å². The van der Waals surface area contributed by atoms with E-state index in [-0.39, 0.29) is 6.42 Å². The average molecular weight is 215 g/mol. The van der Waals surface area contributed by atoms with Crippen LogP contribution in [0.3, 0.4) is 0 Å². The Morgan fingerprint density at radius 1 is 1.50 bits per heavy atom. The second-order valence-electron chi connectivity index (χ2n) is 2.84. The first-order valence-corrected chi connectivity index (χ1v) is 5.47. The van der Waals surface area contributed by atoms with Crippen LogP contribution >= 0.6 is 11.8 Å². The molecule has 0 atom stereocenters. The number of carboxylic acids is 1. The molecule has 78 valence electrons. The van der Waals surface area contributed by atoms with Crippen LogP contribution < -0.4 is 0 Å². The number of carboxylic acid groups (broad SMARTS) is 1. The van der Waals surface area contributed by atoms with E-state index in [9.17, 15) is 4.79 Å². The van der Waals surface area contributed by atoms with Crippen LogP contribution in [0.2, 0.25) is 0 Å². The third-order valence-electron chi connectivity index (χ3n) is 1.67. The van der Waals surface area contributed by atoms with Gasteiger partial charge in [-0.1, -0.05) is 18.2 Å². The first kappa shape index (κ1) is 11.0. The van der Waals surface area contributed by atoms with Crippen molar-refractivity contribution in [3.05, 3.63) is 6.33 Å². The minimum Gasteiger partial charge on any atom is -0.481 e. The maximum Gasteiger partial charge on any atom is 0.303 e. The summed E-state index contributed by atoms with van der Waals surface area (Å²) in [4.78, 5) is 14.2. The number of carbonyl (C=O) groups is 1. The van der Waals surface area contributed by atoms with Crippen LogP contribution in [0.5, 0.6) is 0 Å². The predicted molar refractivity (Wildman–Crippen MR) is 53.2 cm³/mol. The zero-order chi connectivity index (χ0) is 10.2. The van der Waals surface area contributed by atoms with Crippen LogP contribution in [-0.4, -0.2) is 32.0 Å². The Balaban J connectivity index is 1.92. The molecular weight excluding hydrogens is 202 g/mol. The van der Waals surface area contributed by atoms with Gasteiger partial charge in [-0.05, 0) is 12.8 Å². The number of hydrogen-bond acceptors (Lipinski definition) is 4. The van der Waals surface area contributed by atoms with E-state index in [1.807, 2.05) is 0 Å². The molecule has 0 spiro atoms. The highest BCUT2D eigenvalue weighted by Gasteiger charge is 1.98. The van der Waals surface area contributed by atoms with Crippen LogP contribution in [0.15, 0.2) is 11.5 Å². The summed E-state index contributed by atoms with van der Waals surface area (Å²) in [6, 6.07) is 0. The minimum atomic E-state index is -0.715. The van der Waals surface area contributed by atoms with Gasteiger partial charge in [0.15, 0.2) is 5.16 Å². The third kappa shape index (κ3) is 4.86. The Morgan fingerprint density at radius 3 is 3.00 bits per heavy atom. The minimum absolute atomic E-state index is 0.271. The van der Waals surface area contributed by atoms with Crippen LogP contribution in [0, 0.1) is 0 Å². The molecule has 14 heavy (non-hydrogen) atoms. The molecule has 6 heteroatoms. The molecule has 0 fully saturated rings. The van der Waals surface area contributed by atoms with Gasteiger partial charge in [-0.2, -0.15) is 5.10 Å². The molecule has 5 nitrogen and oxygen atoms in total. The zero-order valence-electron chi connectivity index (χ0n) is 7.77. The Morgan fingerprint density at radius 2 is 2.36 bits per heavy atom. The number of thioether (sulfide) groups is 1. The molecule has 0 bridgehead atoms. The van der Waals surface area contributed by atoms with Crippen molar-refractivity contribution in [1.82, 2.24) is 15.2 Å². The number of unbranched alkanes of at least 4 members (excludes halogenated alkanes) is 2. The van der Waals surface area contributed by atoms with E-state index in [0.29, 0.717) is 0 Å². The molecule has 0 aliphatic carbocycles. The van der Waals surface area contributed by atoms with Gasteiger partial charge < -0.3 is 5.11 Å². The summed E-state index contributed by atoms with van der Waals surface area (Å²) in [6.45, 7) is 0. The molecule has 1 aromatic rings. The second-order valence-corrected chi connectivity index (χ2v) is 3.93. The molecule has 0 unspecified atom stereocenters. The summed E-state index contributed by atoms with van der Waals surface area (Å²) in [5.74, 6) is 0.238. The average Bonchev–Trinajstić information content (AvgIpc) is 2.63. The number of rotatable bonds is 7. The van der Waals surface area contributed by atoms with Crippen LogP contribution in [0.1, 0.15) is 25.7 Å². The van der Waals surface area contributed by atoms with Crippen molar-refractivity contribution in [1.29, 1.82) is 0 Å². The number of hydrogen-bond donors (Lipinski definition) is 2. The van der Waals surface area contributed by atoms with Crippen LogP contribution in [0.25, 0.3) is 0 Å². The lowest BCUT2D eigenvalue weighted by Crippen LogP contribution is -1.93. The Bertz CT molecular complexity index is 264. The Kier molecular flexibility index (Phi) is 5.06. The number of aliphatic carboxylic acids is 1. The molecule has 2 N–H and O–H groups in total. The standard InChI is InChI=1S/C8H13N3O2S/c12-7(13)4-2-1-3-5-14-8-9-6-10-11-8/h6H,1-5H2,(H,12,13)(H,9,10,11). The van der Waals surface area contributed by atoms with Crippen molar-refractivity contribution >= 4 is 17.7 Å². The largest absolute Gasteiger partial charge is 0.481 e. The fourth-order valence-corrected chi connectivity index (χ4v) is 1.77. The van der Waals surface area contributed by atoms with E-state index in [4.69, 9.17) is 5.11 Å². The summed E-state index contributed by atoms with van der Waals surface area (Å²) in [7, 11) is 0. The zero-order valence-corrected chi connectivity index (χ0v) is 8.59. The number of nitrogens with one attached hydrogen (secondary N) is 1. The lowest BCUT2D eigenvalue weighted by molar-refractivity contribution is -0.137. The number of H-pyrrole nitrogens is 1. The van der Waals surface area contributed by atoms with Crippen molar-refractivity contribution in [3.63, 3.8) is 0 Å². The van der Waals surface area contributed by atoms with E-state index in [0.717, 1.165) is 30.2 Å². The molecule has 0 aliphatic heterocycles. The van der Waals surface area contributed by atoms with Gasteiger partial charge in [-0.3, -0.25) is 9.89 Å². The van der Waals surface area contributed by atoms with E-state index in [2.05, 4.69) is 15.2 Å². The van der Waals surface area contributed by atoms with Crippen molar-refractivity contribution in [2.24, 2.45) is 0 Å². The molecule has 0 saturated heterocycles. The second kappa shape index (κ2) is 6.42. The van der Waals surface area contributed by atoms with Gasteiger partial charge in [0.2, 0.25) is 0 Å². The number of nitrogens with zero attached hydrogens (tertiary/aromatic N) is 2. The molecule has 1 aromatic heterocycles. The first-order valence-electron chi connectivity index (χ1n) is 4.49. The van der Waals surface area contributed by atoms with Gasteiger partial charge in [-0.15, -0.1) is 0 Å². The fourth-order valence-electron chi connectivity index (χ4n) is 0.988.